The first-order valence-corrected chi connectivity index (χ1v) is 12.2. The van der Waals surface area contributed by atoms with Gasteiger partial charge in [-0.05, 0) is 36.8 Å². The molecular formula is C25H32ClN5O3. The maximum atomic E-state index is 12.9. The summed E-state index contributed by atoms with van der Waals surface area (Å²) in [6, 6.07) is 17.3. The summed E-state index contributed by atoms with van der Waals surface area (Å²) in [6.45, 7) is 6.16. The molecule has 1 aromatic heterocycles. The van der Waals surface area contributed by atoms with Crippen molar-refractivity contribution >= 4 is 17.3 Å². The van der Waals surface area contributed by atoms with E-state index in [1.807, 2.05) is 61.5 Å². The predicted molar refractivity (Wildman–Crippen MR) is 134 cm³/mol. The summed E-state index contributed by atoms with van der Waals surface area (Å²) in [6.07, 6.45) is 0.843. The molecule has 0 bridgehead atoms. The molecule has 1 saturated heterocycles. The van der Waals surface area contributed by atoms with E-state index in [9.17, 15) is 9.90 Å². The Balaban J connectivity index is 1.28. The van der Waals surface area contributed by atoms with Crippen molar-refractivity contribution in [1.82, 2.24) is 19.2 Å². The van der Waals surface area contributed by atoms with Gasteiger partial charge in [-0.25, -0.2) is 9.48 Å². The lowest BCUT2D eigenvalue weighted by Crippen LogP contribution is -2.53. The van der Waals surface area contributed by atoms with E-state index in [1.165, 1.54) is 4.68 Å². The smallest absolute Gasteiger partial charge is 0.346 e. The fraction of sp³-hybridized carbons (Fsp3) is 0.440. The molecule has 8 nitrogen and oxygen atoms in total. The molecule has 2 heterocycles. The van der Waals surface area contributed by atoms with Crippen LogP contribution in [0.2, 0.25) is 5.02 Å². The van der Waals surface area contributed by atoms with Gasteiger partial charge in [0.25, 0.3) is 0 Å². The number of anilines is 1. The number of aliphatic hydroxyl groups excluding tert-OH is 1. The Morgan fingerprint density at radius 3 is 2.65 bits per heavy atom. The first-order chi connectivity index (χ1) is 16.5. The number of piperazine rings is 1. The molecule has 34 heavy (non-hydrogen) atoms. The average molecular weight is 486 g/mol. The van der Waals surface area contributed by atoms with E-state index in [0.717, 1.165) is 36.8 Å². The number of para-hydroxylation sites is 1. The normalized spacial score (nSPS) is 16.7. The van der Waals surface area contributed by atoms with Crippen molar-refractivity contribution in [2.75, 3.05) is 37.7 Å². The van der Waals surface area contributed by atoms with Gasteiger partial charge in [-0.2, -0.15) is 5.10 Å². The Morgan fingerprint density at radius 1 is 1.09 bits per heavy atom. The average Bonchev–Trinajstić information content (AvgIpc) is 3.15. The minimum Gasteiger partial charge on any atom is -0.492 e. The standard InChI is InChI=1S/C25H32ClN5O3/c1-2-23-27-31(25(33)30(23)16-17-34-22-10-4-3-5-11-22)13-7-12-28-14-15-29(19-24(28)32)21-9-6-8-20(26)18-21/h3-6,8-11,18,24,32H,2,7,12-17,19H2,1H3/t24-/m0/s1. The molecule has 1 aliphatic heterocycles. The van der Waals surface area contributed by atoms with Gasteiger partial charge in [-0.3, -0.25) is 9.47 Å². The zero-order valence-electron chi connectivity index (χ0n) is 19.5. The molecule has 0 aliphatic carbocycles. The molecule has 3 aromatic rings. The van der Waals surface area contributed by atoms with Crippen molar-refractivity contribution in [3.8, 4) is 5.75 Å². The molecule has 4 rings (SSSR count). The van der Waals surface area contributed by atoms with Crippen LogP contribution in [0.15, 0.2) is 59.4 Å². The predicted octanol–water partition coefficient (Wildman–Crippen LogP) is 2.87. The number of hydrogen-bond donors (Lipinski definition) is 1. The summed E-state index contributed by atoms with van der Waals surface area (Å²) in [5.74, 6) is 1.55. The van der Waals surface area contributed by atoms with E-state index in [2.05, 4.69) is 14.9 Å². The van der Waals surface area contributed by atoms with Gasteiger partial charge in [0.15, 0.2) is 0 Å². The molecule has 1 N–H and O–H groups in total. The Kier molecular flexibility index (Phi) is 8.26. The molecule has 1 atom stereocenters. The number of aliphatic hydroxyl groups is 1. The van der Waals surface area contributed by atoms with Gasteiger partial charge in [0, 0.05) is 43.3 Å². The summed E-state index contributed by atoms with van der Waals surface area (Å²) >= 11 is 6.11. The number of β-amino-alcohol motifs (C(OH)–C–C–N with tert-alkyl or cyclic N) is 1. The second-order valence-corrected chi connectivity index (χ2v) is 8.82. The molecule has 0 amide bonds. The van der Waals surface area contributed by atoms with Crippen LogP contribution in [0.4, 0.5) is 5.69 Å². The fourth-order valence-electron chi connectivity index (χ4n) is 4.28. The second-order valence-electron chi connectivity index (χ2n) is 8.38. The van der Waals surface area contributed by atoms with E-state index in [1.54, 1.807) is 4.57 Å². The molecule has 9 heteroatoms. The molecule has 1 aliphatic rings. The van der Waals surface area contributed by atoms with Crippen LogP contribution < -0.4 is 15.3 Å². The Labute approximate surface area is 204 Å². The minimum atomic E-state index is -0.566. The summed E-state index contributed by atoms with van der Waals surface area (Å²) in [4.78, 5) is 17.1. The molecule has 0 saturated carbocycles. The van der Waals surface area contributed by atoms with Gasteiger partial charge in [0.05, 0.1) is 13.1 Å². The van der Waals surface area contributed by atoms with Crippen LogP contribution >= 0.6 is 11.6 Å². The first-order valence-electron chi connectivity index (χ1n) is 11.8. The summed E-state index contributed by atoms with van der Waals surface area (Å²) in [7, 11) is 0. The largest absolute Gasteiger partial charge is 0.492 e. The molecule has 0 unspecified atom stereocenters. The first kappa shape index (κ1) is 24.3. The number of aromatic nitrogens is 3. The Bertz CT molecular complexity index is 1120. The van der Waals surface area contributed by atoms with Crippen molar-refractivity contribution in [3.05, 3.63) is 75.9 Å². The highest BCUT2D eigenvalue weighted by molar-refractivity contribution is 6.30. The van der Waals surface area contributed by atoms with Gasteiger partial charge < -0.3 is 14.7 Å². The maximum absolute atomic E-state index is 12.9. The van der Waals surface area contributed by atoms with Gasteiger partial charge in [0.1, 0.15) is 24.4 Å². The lowest BCUT2D eigenvalue weighted by molar-refractivity contribution is -0.00474. The lowest BCUT2D eigenvalue weighted by Gasteiger charge is -2.40. The summed E-state index contributed by atoms with van der Waals surface area (Å²) < 4.78 is 8.98. The zero-order valence-corrected chi connectivity index (χ0v) is 20.3. The van der Waals surface area contributed by atoms with Crippen molar-refractivity contribution in [2.45, 2.75) is 39.1 Å². The van der Waals surface area contributed by atoms with E-state index in [4.69, 9.17) is 16.3 Å². The van der Waals surface area contributed by atoms with Crippen LogP contribution in [-0.4, -0.2) is 63.4 Å². The number of hydrogen-bond acceptors (Lipinski definition) is 6. The van der Waals surface area contributed by atoms with E-state index in [0.29, 0.717) is 44.2 Å². The Hall–Kier alpha value is -2.81. The number of nitrogens with zero attached hydrogens (tertiary/aromatic N) is 5. The van der Waals surface area contributed by atoms with E-state index >= 15 is 0 Å². The molecule has 0 radical (unpaired) electrons. The number of halogens is 1. The third-order valence-corrected chi connectivity index (χ3v) is 6.33. The van der Waals surface area contributed by atoms with E-state index in [-0.39, 0.29) is 5.69 Å². The molecular weight excluding hydrogens is 454 g/mol. The van der Waals surface area contributed by atoms with Crippen molar-refractivity contribution in [1.29, 1.82) is 0 Å². The van der Waals surface area contributed by atoms with Gasteiger partial charge in [0.2, 0.25) is 0 Å². The summed E-state index contributed by atoms with van der Waals surface area (Å²) in [5.41, 5.74) is 0.909. The molecule has 182 valence electrons. The lowest BCUT2D eigenvalue weighted by atomic mass is 10.2. The zero-order chi connectivity index (χ0) is 23.9. The minimum absolute atomic E-state index is 0.111. The SMILES string of the molecule is CCc1nn(CCCN2CCN(c3cccc(Cl)c3)C[C@@H]2O)c(=O)n1CCOc1ccccc1. The van der Waals surface area contributed by atoms with Crippen LogP contribution in [0.25, 0.3) is 0 Å². The van der Waals surface area contributed by atoms with Crippen LogP contribution in [0, 0.1) is 0 Å². The van der Waals surface area contributed by atoms with Crippen molar-refractivity contribution in [3.63, 3.8) is 0 Å². The number of aryl methyl sites for hydroxylation is 2. The van der Waals surface area contributed by atoms with Crippen molar-refractivity contribution < 1.29 is 9.84 Å². The topological polar surface area (TPSA) is 75.8 Å². The number of rotatable bonds is 10. The highest BCUT2D eigenvalue weighted by Gasteiger charge is 2.25. The van der Waals surface area contributed by atoms with Crippen LogP contribution in [-0.2, 0) is 19.5 Å². The molecule has 1 fully saturated rings. The van der Waals surface area contributed by atoms with E-state index < -0.39 is 6.23 Å². The summed E-state index contributed by atoms with van der Waals surface area (Å²) in [5, 5.41) is 15.9. The van der Waals surface area contributed by atoms with Gasteiger partial charge in [-0.15, -0.1) is 0 Å². The third-order valence-electron chi connectivity index (χ3n) is 6.09. The maximum Gasteiger partial charge on any atom is 0.346 e. The monoisotopic (exact) mass is 485 g/mol. The number of benzene rings is 2. The third kappa shape index (κ3) is 6.00. The van der Waals surface area contributed by atoms with Crippen LogP contribution in [0.5, 0.6) is 5.75 Å². The highest BCUT2D eigenvalue weighted by atomic mass is 35.5. The van der Waals surface area contributed by atoms with Crippen LogP contribution in [0.1, 0.15) is 19.2 Å². The Morgan fingerprint density at radius 2 is 1.91 bits per heavy atom. The van der Waals surface area contributed by atoms with Gasteiger partial charge in [-0.1, -0.05) is 42.8 Å². The van der Waals surface area contributed by atoms with Crippen molar-refractivity contribution in [2.24, 2.45) is 0 Å². The fourth-order valence-corrected chi connectivity index (χ4v) is 4.47. The van der Waals surface area contributed by atoms with Crippen LogP contribution in [0.3, 0.4) is 0 Å². The second kappa shape index (κ2) is 11.6. The molecule has 0 spiro atoms. The van der Waals surface area contributed by atoms with Gasteiger partial charge >= 0.3 is 5.69 Å². The molecule has 2 aromatic carbocycles. The highest BCUT2D eigenvalue weighted by Crippen LogP contribution is 2.22. The number of ether oxygens (including phenoxy) is 1. The quantitative estimate of drug-likeness (QED) is 0.476.